The van der Waals surface area contributed by atoms with Gasteiger partial charge in [-0.2, -0.15) is 4.31 Å². The number of methoxy groups -OCH3 is 1. The molecule has 1 amide bonds. The van der Waals surface area contributed by atoms with E-state index in [0.717, 1.165) is 0 Å². The number of rotatable bonds is 12. The molecule has 2 aromatic carbocycles. The van der Waals surface area contributed by atoms with Crippen LogP contribution < -0.4 is 10.1 Å². The molecule has 0 radical (unpaired) electrons. The third kappa shape index (κ3) is 6.53. The second-order valence-electron chi connectivity index (χ2n) is 6.26. The van der Waals surface area contributed by atoms with E-state index in [9.17, 15) is 13.2 Å². The number of sulfonamides is 1. The van der Waals surface area contributed by atoms with E-state index in [-0.39, 0.29) is 23.8 Å². The summed E-state index contributed by atoms with van der Waals surface area (Å²) in [7, 11) is -2.15. The highest BCUT2D eigenvalue weighted by Crippen LogP contribution is 2.32. The van der Waals surface area contributed by atoms with Crippen molar-refractivity contribution in [1.29, 1.82) is 0 Å². The van der Waals surface area contributed by atoms with Crippen LogP contribution >= 0.6 is 0 Å². The second kappa shape index (κ2) is 11.7. The largest absolute Gasteiger partial charge is 0.455 e. The van der Waals surface area contributed by atoms with E-state index in [4.69, 9.17) is 14.2 Å². The zero-order chi connectivity index (χ0) is 22.0. The number of amides is 1. The highest BCUT2D eigenvalue weighted by molar-refractivity contribution is 7.89. The fourth-order valence-electron chi connectivity index (χ4n) is 2.68. The van der Waals surface area contributed by atoms with Gasteiger partial charge in [0.25, 0.3) is 0 Å². The van der Waals surface area contributed by atoms with Crippen molar-refractivity contribution in [2.75, 3.05) is 45.3 Å². The van der Waals surface area contributed by atoms with Crippen LogP contribution in [0.2, 0.25) is 0 Å². The van der Waals surface area contributed by atoms with Crippen molar-refractivity contribution >= 4 is 21.6 Å². The van der Waals surface area contributed by atoms with Gasteiger partial charge >= 0.3 is 0 Å². The van der Waals surface area contributed by atoms with Crippen LogP contribution in [0.4, 0.5) is 5.69 Å². The lowest BCUT2D eigenvalue weighted by Gasteiger charge is -2.20. The van der Waals surface area contributed by atoms with Crippen LogP contribution in [0.25, 0.3) is 0 Å². The van der Waals surface area contributed by atoms with Gasteiger partial charge in [0.05, 0.1) is 23.8 Å². The molecule has 0 unspecified atom stereocenters. The SMILES string of the molecule is CCN(CC)S(=O)(=O)c1ccc(Oc2ccccc2)c(NC(=O)COCCOC)c1. The Hall–Kier alpha value is -2.46. The minimum atomic E-state index is -3.69. The summed E-state index contributed by atoms with van der Waals surface area (Å²) in [5.74, 6) is 0.454. The molecule has 0 atom stereocenters. The Morgan fingerprint density at radius 1 is 1.03 bits per heavy atom. The van der Waals surface area contributed by atoms with Crippen LogP contribution in [0, 0.1) is 0 Å². The van der Waals surface area contributed by atoms with E-state index in [0.29, 0.717) is 31.2 Å². The maximum absolute atomic E-state index is 12.9. The predicted octanol–water partition coefficient (Wildman–Crippen LogP) is 3.11. The van der Waals surface area contributed by atoms with Crippen LogP contribution in [0.3, 0.4) is 0 Å². The van der Waals surface area contributed by atoms with E-state index in [1.807, 2.05) is 18.2 Å². The Bertz CT molecular complexity index is 914. The Balaban J connectivity index is 2.31. The van der Waals surface area contributed by atoms with Crippen LogP contribution in [0.1, 0.15) is 13.8 Å². The van der Waals surface area contributed by atoms with Crippen molar-refractivity contribution < 1.29 is 27.4 Å². The quantitative estimate of drug-likeness (QED) is 0.514. The average molecular weight is 437 g/mol. The summed E-state index contributed by atoms with van der Waals surface area (Å²) in [4.78, 5) is 12.4. The highest BCUT2D eigenvalue weighted by atomic mass is 32.2. The van der Waals surface area contributed by atoms with Gasteiger partial charge in [-0.3, -0.25) is 4.79 Å². The minimum absolute atomic E-state index is 0.0715. The first kappa shape index (κ1) is 23.8. The van der Waals surface area contributed by atoms with E-state index in [2.05, 4.69) is 5.32 Å². The molecule has 0 saturated carbocycles. The van der Waals surface area contributed by atoms with E-state index < -0.39 is 15.9 Å². The molecule has 9 heteroatoms. The molecule has 0 aromatic heterocycles. The molecular formula is C21H28N2O6S. The first-order valence-electron chi connectivity index (χ1n) is 9.66. The molecule has 0 saturated heterocycles. The van der Waals surface area contributed by atoms with Gasteiger partial charge in [0.15, 0.2) is 5.75 Å². The molecule has 2 aromatic rings. The maximum atomic E-state index is 12.9. The number of hydrogen-bond donors (Lipinski definition) is 1. The maximum Gasteiger partial charge on any atom is 0.250 e. The zero-order valence-corrected chi connectivity index (χ0v) is 18.3. The van der Waals surface area contributed by atoms with Crippen molar-refractivity contribution in [1.82, 2.24) is 4.31 Å². The molecular weight excluding hydrogens is 408 g/mol. The molecule has 0 heterocycles. The molecule has 1 N–H and O–H groups in total. The Morgan fingerprint density at radius 2 is 1.73 bits per heavy atom. The molecule has 30 heavy (non-hydrogen) atoms. The third-order valence-corrected chi connectivity index (χ3v) is 6.25. The summed E-state index contributed by atoms with van der Waals surface area (Å²) in [6.45, 7) is 4.68. The molecule has 8 nitrogen and oxygen atoms in total. The van der Waals surface area contributed by atoms with Gasteiger partial charge in [-0.25, -0.2) is 8.42 Å². The van der Waals surface area contributed by atoms with Crippen molar-refractivity contribution in [3.63, 3.8) is 0 Å². The lowest BCUT2D eigenvalue weighted by atomic mass is 10.2. The molecule has 2 rings (SSSR count). The Labute approximate surface area is 177 Å². The van der Waals surface area contributed by atoms with Gasteiger partial charge in [0.2, 0.25) is 15.9 Å². The molecule has 0 aliphatic heterocycles. The normalized spacial score (nSPS) is 11.5. The monoisotopic (exact) mass is 436 g/mol. The van der Waals surface area contributed by atoms with E-state index in [1.54, 1.807) is 33.1 Å². The Morgan fingerprint density at radius 3 is 2.37 bits per heavy atom. The number of nitrogens with one attached hydrogen (secondary N) is 1. The Kier molecular flexibility index (Phi) is 9.25. The summed E-state index contributed by atoms with van der Waals surface area (Å²) >= 11 is 0. The molecule has 164 valence electrons. The van der Waals surface area contributed by atoms with Gasteiger partial charge in [-0.15, -0.1) is 0 Å². The van der Waals surface area contributed by atoms with Gasteiger partial charge in [0.1, 0.15) is 12.4 Å². The van der Waals surface area contributed by atoms with Crippen molar-refractivity contribution in [2.24, 2.45) is 0 Å². The molecule has 0 spiro atoms. The molecule has 0 aliphatic rings. The first-order chi connectivity index (χ1) is 14.4. The lowest BCUT2D eigenvalue weighted by molar-refractivity contribution is -0.121. The third-order valence-electron chi connectivity index (χ3n) is 4.20. The van der Waals surface area contributed by atoms with Crippen molar-refractivity contribution in [3.8, 4) is 11.5 Å². The lowest BCUT2D eigenvalue weighted by Crippen LogP contribution is -2.30. The summed E-state index contributed by atoms with van der Waals surface area (Å²) in [6, 6.07) is 13.4. The fourth-order valence-corrected chi connectivity index (χ4v) is 4.16. The summed E-state index contributed by atoms with van der Waals surface area (Å²) < 4.78 is 43.1. The number of para-hydroxylation sites is 1. The van der Waals surface area contributed by atoms with Crippen LogP contribution in [-0.4, -0.2) is 58.7 Å². The summed E-state index contributed by atoms with van der Waals surface area (Å²) in [5, 5.41) is 2.68. The van der Waals surface area contributed by atoms with Crippen molar-refractivity contribution in [3.05, 3.63) is 48.5 Å². The molecule has 0 bridgehead atoms. The molecule has 0 fully saturated rings. The number of ether oxygens (including phenoxy) is 3. The van der Waals surface area contributed by atoms with Gasteiger partial charge in [0, 0.05) is 20.2 Å². The van der Waals surface area contributed by atoms with Crippen molar-refractivity contribution in [2.45, 2.75) is 18.7 Å². The van der Waals surface area contributed by atoms with Crippen LogP contribution in [0.5, 0.6) is 11.5 Å². The number of carbonyl (C=O) groups excluding carboxylic acids is 1. The number of anilines is 1. The minimum Gasteiger partial charge on any atom is -0.455 e. The topological polar surface area (TPSA) is 94.2 Å². The standard InChI is InChI=1S/C21H28N2O6S/c1-4-23(5-2)30(25,26)18-11-12-20(29-17-9-7-6-8-10-17)19(15-18)22-21(24)16-28-14-13-27-3/h6-12,15H,4-5,13-14,16H2,1-3H3,(H,22,24). The zero-order valence-electron chi connectivity index (χ0n) is 17.5. The number of benzene rings is 2. The van der Waals surface area contributed by atoms with Crippen LogP contribution in [-0.2, 0) is 24.3 Å². The smallest absolute Gasteiger partial charge is 0.250 e. The second-order valence-corrected chi connectivity index (χ2v) is 8.19. The van der Waals surface area contributed by atoms with Crippen LogP contribution in [0.15, 0.2) is 53.4 Å². The molecule has 0 aliphatic carbocycles. The van der Waals surface area contributed by atoms with E-state index in [1.165, 1.54) is 22.5 Å². The first-order valence-corrected chi connectivity index (χ1v) is 11.1. The highest BCUT2D eigenvalue weighted by Gasteiger charge is 2.23. The summed E-state index contributed by atoms with van der Waals surface area (Å²) in [5.41, 5.74) is 0.243. The average Bonchev–Trinajstić information content (AvgIpc) is 2.74. The summed E-state index contributed by atoms with van der Waals surface area (Å²) in [6.07, 6.45) is 0. The van der Waals surface area contributed by atoms with Gasteiger partial charge in [-0.05, 0) is 30.3 Å². The van der Waals surface area contributed by atoms with Gasteiger partial charge in [-0.1, -0.05) is 32.0 Å². The number of hydrogen-bond acceptors (Lipinski definition) is 6. The number of nitrogens with zero attached hydrogens (tertiary/aromatic N) is 1. The van der Waals surface area contributed by atoms with E-state index >= 15 is 0 Å². The van der Waals surface area contributed by atoms with Gasteiger partial charge < -0.3 is 19.5 Å². The number of carbonyl (C=O) groups is 1. The fraction of sp³-hybridized carbons (Fsp3) is 0.381. The predicted molar refractivity (Wildman–Crippen MR) is 114 cm³/mol.